The van der Waals surface area contributed by atoms with Crippen LogP contribution in [-0.2, 0) is 0 Å². The summed E-state index contributed by atoms with van der Waals surface area (Å²) >= 11 is 0. The monoisotopic (exact) mass is 279 g/mol. The summed E-state index contributed by atoms with van der Waals surface area (Å²) in [6.45, 7) is 4.54. The Morgan fingerprint density at radius 1 is 1.00 bits per heavy atom. The van der Waals surface area contributed by atoms with E-state index >= 15 is 0 Å². The third kappa shape index (κ3) is 2.79. The molecule has 0 saturated heterocycles. The van der Waals surface area contributed by atoms with Gasteiger partial charge in [-0.1, -0.05) is 18.2 Å². The maximum absolute atomic E-state index is 5.47. The predicted molar refractivity (Wildman–Crippen MR) is 82.7 cm³/mol. The Hall–Kier alpha value is -2.62. The van der Waals surface area contributed by atoms with Crippen LogP contribution in [0, 0.1) is 6.92 Å². The predicted octanol–water partition coefficient (Wildman–Crippen LogP) is 3.64. The van der Waals surface area contributed by atoms with Crippen molar-refractivity contribution in [3.8, 4) is 22.8 Å². The second kappa shape index (κ2) is 5.79. The summed E-state index contributed by atoms with van der Waals surface area (Å²) in [5.41, 5.74) is 2.02. The molecule has 3 rings (SSSR count). The zero-order valence-electron chi connectivity index (χ0n) is 12.2. The van der Waals surface area contributed by atoms with Crippen LogP contribution in [0.25, 0.3) is 17.1 Å². The van der Waals surface area contributed by atoms with Crippen molar-refractivity contribution in [2.45, 2.75) is 13.8 Å². The molecule has 0 saturated carbocycles. The Morgan fingerprint density at radius 2 is 1.71 bits per heavy atom. The fraction of sp³-hybridized carbons (Fsp3) is 0.176. The highest BCUT2D eigenvalue weighted by molar-refractivity contribution is 5.59. The first-order valence-corrected chi connectivity index (χ1v) is 7.00. The number of hydrogen-bond donors (Lipinski definition) is 0. The van der Waals surface area contributed by atoms with E-state index in [4.69, 9.17) is 4.74 Å². The topological polar surface area (TPSA) is 39.9 Å². The zero-order chi connectivity index (χ0) is 14.7. The van der Waals surface area contributed by atoms with Gasteiger partial charge < -0.3 is 4.74 Å². The molecule has 0 unspecified atom stereocenters. The fourth-order valence-electron chi connectivity index (χ4n) is 2.22. The Labute approximate surface area is 124 Å². The van der Waals surface area contributed by atoms with E-state index in [1.165, 1.54) is 0 Å². The largest absolute Gasteiger partial charge is 0.494 e. The molecule has 106 valence electrons. The molecule has 2 aromatic carbocycles. The van der Waals surface area contributed by atoms with Crippen LogP contribution in [0.3, 0.4) is 0 Å². The van der Waals surface area contributed by atoms with Gasteiger partial charge in [-0.2, -0.15) is 5.10 Å². The van der Waals surface area contributed by atoms with Crippen molar-refractivity contribution in [2.24, 2.45) is 0 Å². The van der Waals surface area contributed by atoms with E-state index in [2.05, 4.69) is 10.1 Å². The molecule has 21 heavy (non-hydrogen) atoms. The lowest BCUT2D eigenvalue weighted by Gasteiger charge is -2.07. The highest BCUT2D eigenvalue weighted by Crippen LogP contribution is 2.23. The van der Waals surface area contributed by atoms with E-state index in [0.717, 1.165) is 28.6 Å². The minimum absolute atomic E-state index is 0.665. The lowest BCUT2D eigenvalue weighted by atomic mass is 10.2. The van der Waals surface area contributed by atoms with Gasteiger partial charge in [-0.3, -0.25) is 0 Å². The van der Waals surface area contributed by atoms with Crippen LogP contribution in [-0.4, -0.2) is 21.4 Å². The van der Waals surface area contributed by atoms with Crippen molar-refractivity contribution < 1.29 is 4.74 Å². The number of para-hydroxylation sites is 1. The van der Waals surface area contributed by atoms with Crippen LogP contribution >= 0.6 is 0 Å². The minimum Gasteiger partial charge on any atom is -0.494 e. The molecule has 1 heterocycles. The first kappa shape index (κ1) is 13.4. The highest BCUT2D eigenvalue weighted by Gasteiger charge is 2.11. The average molecular weight is 279 g/mol. The Balaban J connectivity index is 2.02. The fourth-order valence-corrected chi connectivity index (χ4v) is 2.22. The third-order valence-electron chi connectivity index (χ3n) is 3.14. The minimum atomic E-state index is 0.665. The molecular formula is C17H17N3O. The molecule has 0 radical (unpaired) electrons. The summed E-state index contributed by atoms with van der Waals surface area (Å²) in [6.07, 6.45) is 0. The number of benzene rings is 2. The van der Waals surface area contributed by atoms with Crippen LogP contribution in [0.5, 0.6) is 5.75 Å². The van der Waals surface area contributed by atoms with Crippen molar-refractivity contribution >= 4 is 0 Å². The average Bonchev–Trinajstić information content (AvgIpc) is 2.91. The normalized spacial score (nSPS) is 10.6. The number of aromatic nitrogens is 3. The van der Waals surface area contributed by atoms with E-state index < -0.39 is 0 Å². The standard InChI is InChI=1S/C17H17N3O/c1-3-21-16-11-9-14(10-12-16)17-18-13(2)19-20(17)15-7-5-4-6-8-15/h4-12H,3H2,1-2H3. The second-order valence-corrected chi connectivity index (χ2v) is 4.69. The molecule has 4 heteroatoms. The number of aryl methyl sites for hydroxylation is 1. The number of ether oxygens (including phenoxy) is 1. The molecule has 0 atom stereocenters. The quantitative estimate of drug-likeness (QED) is 0.732. The molecule has 4 nitrogen and oxygen atoms in total. The lowest BCUT2D eigenvalue weighted by Crippen LogP contribution is -1.99. The highest BCUT2D eigenvalue weighted by atomic mass is 16.5. The molecule has 1 aromatic heterocycles. The Kier molecular flexibility index (Phi) is 3.69. The van der Waals surface area contributed by atoms with Crippen molar-refractivity contribution in [1.82, 2.24) is 14.8 Å². The van der Waals surface area contributed by atoms with E-state index in [0.29, 0.717) is 6.61 Å². The van der Waals surface area contributed by atoms with Gasteiger partial charge in [0.15, 0.2) is 5.82 Å². The summed E-state index contributed by atoms with van der Waals surface area (Å²) in [5, 5.41) is 4.49. The van der Waals surface area contributed by atoms with E-state index in [9.17, 15) is 0 Å². The van der Waals surface area contributed by atoms with Crippen LogP contribution in [0.2, 0.25) is 0 Å². The van der Waals surface area contributed by atoms with Gasteiger partial charge in [0.2, 0.25) is 0 Å². The van der Waals surface area contributed by atoms with E-state index in [-0.39, 0.29) is 0 Å². The molecular weight excluding hydrogens is 262 g/mol. The summed E-state index contributed by atoms with van der Waals surface area (Å²) in [6, 6.07) is 17.9. The molecule has 0 bridgehead atoms. The molecule has 0 aliphatic rings. The molecule has 0 spiro atoms. The molecule has 0 aliphatic carbocycles. The molecule has 0 N–H and O–H groups in total. The molecule has 0 fully saturated rings. The molecule has 0 aliphatic heterocycles. The third-order valence-corrected chi connectivity index (χ3v) is 3.14. The van der Waals surface area contributed by atoms with Crippen LogP contribution in [0.1, 0.15) is 12.7 Å². The zero-order valence-corrected chi connectivity index (χ0v) is 12.2. The first-order chi connectivity index (χ1) is 10.3. The smallest absolute Gasteiger partial charge is 0.163 e. The van der Waals surface area contributed by atoms with Gasteiger partial charge in [-0.15, -0.1) is 0 Å². The molecule has 3 aromatic rings. The van der Waals surface area contributed by atoms with Crippen LogP contribution in [0.4, 0.5) is 0 Å². The SMILES string of the molecule is CCOc1ccc(-c2nc(C)nn2-c2ccccc2)cc1. The molecule has 0 amide bonds. The maximum atomic E-state index is 5.47. The second-order valence-electron chi connectivity index (χ2n) is 4.69. The van der Waals surface area contributed by atoms with E-state index in [1.807, 2.05) is 73.1 Å². The van der Waals surface area contributed by atoms with Gasteiger partial charge in [-0.05, 0) is 50.2 Å². The Morgan fingerprint density at radius 3 is 2.38 bits per heavy atom. The maximum Gasteiger partial charge on any atom is 0.163 e. The van der Waals surface area contributed by atoms with E-state index in [1.54, 1.807) is 0 Å². The van der Waals surface area contributed by atoms with Crippen LogP contribution in [0.15, 0.2) is 54.6 Å². The number of hydrogen-bond acceptors (Lipinski definition) is 3. The summed E-state index contributed by atoms with van der Waals surface area (Å²) in [4.78, 5) is 4.54. The van der Waals surface area contributed by atoms with Gasteiger partial charge in [0.05, 0.1) is 12.3 Å². The van der Waals surface area contributed by atoms with Gasteiger partial charge in [0.1, 0.15) is 11.6 Å². The van der Waals surface area contributed by atoms with Gasteiger partial charge >= 0.3 is 0 Å². The van der Waals surface area contributed by atoms with Crippen molar-refractivity contribution in [3.05, 3.63) is 60.4 Å². The van der Waals surface area contributed by atoms with Gasteiger partial charge in [-0.25, -0.2) is 9.67 Å². The lowest BCUT2D eigenvalue weighted by molar-refractivity contribution is 0.340. The first-order valence-electron chi connectivity index (χ1n) is 7.00. The van der Waals surface area contributed by atoms with Crippen molar-refractivity contribution in [3.63, 3.8) is 0 Å². The number of nitrogens with zero attached hydrogens (tertiary/aromatic N) is 3. The van der Waals surface area contributed by atoms with Gasteiger partial charge in [0.25, 0.3) is 0 Å². The van der Waals surface area contributed by atoms with Crippen molar-refractivity contribution in [1.29, 1.82) is 0 Å². The van der Waals surface area contributed by atoms with Crippen molar-refractivity contribution in [2.75, 3.05) is 6.61 Å². The summed E-state index contributed by atoms with van der Waals surface area (Å²) in [7, 11) is 0. The van der Waals surface area contributed by atoms with Crippen LogP contribution < -0.4 is 4.74 Å². The summed E-state index contributed by atoms with van der Waals surface area (Å²) in [5.74, 6) is 2.45. The Bertz CT molecular complexity index is 718. The number of rotatable bonds is 4. The van der Waals surface area contributed by atoms with Gasteiger partial charge in [0, 0.05) is 5.56 Å². The summed E-state index contributed by atoms with van der Waals surface area (Å²) < 4.78 is 7.34.